The first-order valence-corrected chi connectivity index (χ1v) is 10.3. The smallest absolute Gasteiger partial charge is 0.201 e. The second-order valence-corrected chi connectivity index (χ2v) is 7.42. The van der Waals surface area contributed by atoms with E-state index in [-0.39, 0.29) is 11.3 Å². The maximum atomic E-state index is 14.2. The maximum absolute atomic E-state index is 14.2. The summed E-state index contributed by atoms with van der Waals surface area (Å²) in [4.78, 5) is 0. The van der Waals surface area contributed by atoms with Gasteiger partial charge in [0, 0.05) is 5.92 Å². The minimum absolute atomic E-state index is 0.0194. The zero-order valence-electron chi connectivity index (χ0n) is 16.3. The molecule has 1 aliphatic rings. The highest BCUT2D eigenvalue weighted by atomic mass is 19.2. The number of rotatable bonds is 8. The van der Waals surface area contributed by atoms with Crippen molar-refractivity contribution >= 4 is 0 Å². The van der Waals surface area contributed by atoms with Crippen LogP contribution >= 0.6 is 0 Å². The monoisotopic (exact) mass is 362 g/mol. The number of hydrogen-bond acceptors (Lipinski definition) is 1. The van der Waals surface area contributed by atoms with Gasteiger partial charge in [-0.05, 0) is 50.2 Å². The number of benzene rings is 1. The Bertz CT molecular complexity index is 607. The van der Waals surface area contributed by atoms with E-state index in [0.29, 0.717) is 12.5 Å². The molecule has 0 saturated heterocycles. The van der Waals surface area contributed by atoms with E-state index in [9.17, 15) is 8.78 Å². The van der Waals surface area contributed by atoms with Crippen molar-refractivity contribution in [3.8, 4) is 17.6 Å². The third-order valence-electron chi connectivity index (χ3n) is 5.28. The average molecular weight is 363 g/mol. The summed E-state index contributed by atoms with van der Waals surface area (Å²) in [5.74, 6) is 5.33. The van der Waals surface area contributed by atoms with Gasteiger partial charge in [-0.15, -0.1) is 0 Å². The Kier molecular flexibility index (Phi) is 8.95. The topological polar surface area (TPSA) is 9.23 Å². The molecule has 1 fully saturated rings. The average Bonchev–Trinajstić information content (AvgIpc) is 2.66. The molecule has 1 saturated carbocycles. The van der Waals surface area contributed by atoms with Gasteiger partial charge in [0.15, 0.2) is 11.6 Å². The first-order valence-electron chi connectivity index (χ1n) is 10.3. The van der Waals surface area contributed by atoms with E-state index < -0.39 is 11.6 Å². The van der Waals surface area contributed by atoms with Crippen molar-refractivity contribution < 1.29 is 13.5 Å². The number of halogens is 2. The van der Waals surface area contributed by atoms with E-state index in [2.05, 4.69) is 18.8 Å². The van der Waals surface area contributed by atoms with Crippen LogP contribution in [-0.4, -0.2) is 6.61 Å². The van der Waals surface area contributed by atoms with Crippen LogP contribution in [0.25, 0.3) is 0 Å². The van der Waals surface area contributed by atoms with Gasteiger partial charge < -0.3 is 4.74 Å². The predicted molar refractivity (Wildman–Crippen MR) is 103 cm³/mol. The minimum Gasteiger partial charge on any atom is -0.490 e. The van der Waals surface area contributed by atoms with E-state index in [1.807, 2.05) is 6.92 Å². The Morgan fingerprint density at radius 2 is 1.69 bits per heavy atom. The van der Waals surface area contributed by atoms with Gasteiger partial charge in [0.25, 0.3) is 0 Å². The third-order valence-corrected chi connectivity index (χ3v) is 5.28. The van der Waals surface area contributed by atoms with Crippen LogP contribution < -0.4 is 4.74 Å². The highest BCUT2D eigenvalue weighted by molar-refractivity contribution is 5.41. The summed E-state index contributed by atoms with van der Waals surface area (Å²) in [5.41, 5.74) is 0.135. The lowest BCUT2D eigenvalue weighted by Gasteiger charge is -2.25. The highest BCUT2D eigenvalue weighted by Crippen LogP contribution is 2.32. The second kappa shape index (κ2) is 11.2. The molecule has 26 heavy (non-hydrogen) atoms. The van der Waals surface area contributed by atoms with Crippen molar-refractivity contribution in [2.24, 2.45) is 11.8 Å². The number of hydrogen-bond donors (Lipinski definition) is 0. The Morgan fingerprint density at radius 3 is 2.38 bits per heavy atom. The van der Waals surface area contributed by atoms with Gasteiger partial charge in [-0.25, -0.2) is 4.39 Å². The summed E-state index contributed by atoms with van der Waals surface area (Å²) in [6.07, 6.45) is 11.6. The van der Waals surface area contributed by atoms with Crippen LogP contribution in [0.4, 0.5) is 8.78 Å². The Labute approximate surface area is 157 Å². The van der Waals surface area contributed by atoms with Gasteiger partial charge in [0.2, 0.25) is 5.82 Å². The molecule has 0 spiro atoms. The molecule has 1 nitrogen and oxygen atoms in total. The summed E-state index contributed by atoms with van der Waals surface area (Å²) in [7, 11) is 0. The van der Waals surface area contributed by atoms with Crippen molar-refractivity contribution in [1.82, 2.24) is 0 Å². The third kappa shape index (κ3) is 6.31. The van der Waals surface area contributed by atoms with E-state index in [4.69, 9.17) is 4.74 Å². The first-order chi connectivity index (χ1) is 12.7. The molecule has 0 bridgehead atoms. The molecule has 0 radical (unpaired) electrons. The molecule has 0 atom stereocenters. The molecule has 0 N–H and O–H groups in total. The predicted octanol–water partition coefficient (Wildman–Crippen LogP) is 6.88. The fourth-order valence-corrected chi connectivity index (χ4v) is 3.52. The first kappa shape index (κ1) is 20.7. The molecular weight excluding hydrogens is 330 g/mol. The molecule has 0 heterocycles. The highest BCUT2D eigenvalue weighted by Gasteiger charge is 2.19. The van der Waals surface area contributed by atoms with Crippen molar-refractivity contribution in [3.05, 3.63) is 29.3 Å². The zero-order valence-corrected chi connectivity index (χ0v) is 16.3. The molecular formula is C23H32F2O. The summed E-state index contributed by atoms with van der Waals surface area (Å²) >= 11 is 0. The maximum Gasteiger partial charge on any atom is 0.201 e. The molecule has 1 aromatic carbocycles. The number of ether oxygens (including phenoxy) is 1. The van der Waals surface area contributed by atoms with Crippen LogP contribution in [0.2, 0.25) is 0 Å². The Balaban J connectivity index is 1.89. The summed E-state index contributed by atoms with van der Waals surface area (Å²) < 4.78 is 33.6. The second-order valence-electron chi connectivity index (χ2n) is 7.42. The van der Waals surface area contributed by atoms with Gasteiger partial charge in [-0.1, -0.05) is 57.8 Å². The van der Waals surface area contributed by atoms with Crippen LogP contribution in [0, 0.1) is 35.3 Å². The molecule has 0 aromatic heterocycles. The van der Waals surface area contributed by atoms with Gasteiger partial charge in [0.05, 0.1) is 12.2 Å². The van der Waals surface area contributed by atoms with Crippen LogP contribution in [0.1, 0.15) is 83.6 Å². The molecule has 0 aliphatic heterocycles. The summed E-state index contributed by atoms with van der Waals surface area (Å²) in [6, 6.07) is 3.02. The molecule has 1 aromatic rings. The van der Waals surface area contributed by atoms with E-state index in [1.165, 1.54) is 50.7 Å². The molecule has 1 aliphatic carbocycles. The fourth-order valence-electron chi connectivity index (χ4n) is 3.52. The summed E-state index contributed by atoms with van der Waals surface area (Å²) in [6.45, 7) is 4.66. The van der Waals surface area contributed by atoms with E-state index >= 15 is 0 Å². The van der Waals surface area contributed by atoms with Crippen LogP contribution in [-0.2, 0) is 0 Å². The quantitative estimate of drug-likeness (QED) is 0.362. The Morgan fingerprint density at radius 1 is 0.962 bits per heavy atom. The lowest BCUT2D eigenvalue weighted by molar-refractivity contribution is 0.288. The van der Waals surface area contributed by atoms with E-state index in [0.717, 1.165) is 31.6 Å². The van der Waals surface area contributed by atoms with Crippen molar-refractivity contribution in [2.75, 3.05) is 6.61 Å². The standard InChI is InChI=1S/C23H32F2O/c1-3-5-7-8-18-9-11-19(12-10-18)13-14-20-15-16-21(23(25)22(20)24)26-17-6-4-2/h15-16,18-19H,3-12,17H2,1-2H3/t18-,19-. The normalized spacial score (nSPS) is 19.7. The van der Waals surface area contributed by atoms with Gasteiger partial charge >= 0.3 is 0 Å². The largest absolute Gasteiger partial charge is 0.490 e. The summed E-state index contributed by atoms with van der Waals surface area (Å²) in [5, 5.41) is 0. The Hall–Kier alpha value is -1.56. The van der Waals surface area contributed by atoms with Crippen molar-refractivity contribution in [1.29, 1.82) is 0 Å². The lowest BCUT2D eigenvalue weighted by atomic mass is 9.80. The minimum atomic E-state index is -0.924. The molecule has 0 unspecified atom stereocenters. The SMILES string of the molecule is CCCCC[C@H]1CC[C@H](C#Cc2ccc(OCCCC)c(F)c2F)CC1. The molecule has 2 rings (SSSR count). The van der Waals surface area contributed by atoms with E-state index in [1.54, 1.807) is 0 Å². The fraction of sp³-hybridized carbons (Fsp3) is 0.652. The van der Waals surface area contributed by atoms with Crippen LogP contribution in [0.3, 0.4) is 0 Å². The van der Waals surface area contributed by atoms with Gasteiger partial charge in [0.1, 0.15) is 0 Å². The van der Waals surface area contributed by atoms with Crippen molar-refractivity contribution in [3.63, 3.8) is 0 Å². The molecule has 144 valence electrons. The molecule has 0 amide bonds. The lowest BCUT2D eigenvalue weighted by Crippen LogP contribution is -2.13. The van der Waals surface area contributed by atoms with Crippen molar-refractivity contribution in [2.45, 2.75) is 78.1 Å². The van der Waals surface area contributed by atoms with Gasteiger partial charge in [-0.3, -0.25) is 0 Å². The van der Waals surface area contributed by atoms with Crippen LogP contribution in [0.5, 0.6) is 5.75 Å². The number of unbranched alkanes of at least 4 members (excludes halogenated alkanes) is 3. The van der Waals surface area contributed by atoms with Crippen LogP contribution in [0.15, 0.2) is 12.1 Å². The zero-order chi connectivity index (χ0) is 18.8. The molecule has 3 heteroatoms. The van der Waals surface area contributed by atoms with Gasteiger partial charge in [-0.2, -0.15) is 4.39 Å².